The van der Waals surface area contributed by atoms with Crippen LogP contribution < -0.4 is 5.73 Å². The lowest BCUT2D eigenvalue weighted by Gasteiger charge is -2.36. The molecule has 1 aliphatic heterocycles. The van der Waals surface area contributed by atoms with Crippen molar-refractivity contribution in [3.8, 4) is 0 Å². The molecule has 0 aromatic heterocycles. The molecule has 0 atom stereocenters. The first kappa shape index (κ1) is 15.2. The number of halogens is 1. The Labute approximate surface area is 126 Å². The van der Waals surface area contributed by atoms with Gasteiger partial charge < -0.3 is 5.73 Å². The van der Waals surface area contributed by atoms with E-state index in [0.717, 1.165) is 5.75 Å². The highest BCUT2D eigenvalue weighted by Gasteiger charge is 2.35. The summed E-state index contributed by atoms with van der Waals surface area (Å²) in [6.07, 6.45) is 0. The van der Waals surface area contributed by atoms with Gasteiger partial charge in [0.25, 0.3) is 0 Å². The van der Waals surface area contributed by atoms with E-state index in [0.29, 0.717) is 23.2 Å². The number of hydrogen-bond acceptors (Lipinski definition) is 4. The molecule has 0 bridgehead atoms. The molecule has 0 aliphatic carbocycles. The monoisotopic (exact) mass is 364 g/mol. The second-order valence-corrected chi connectivity index (χ2v) is 9.70. The zero-order valence-electron chi connectivity index (χ0n) is 10.9. The molecule has 4 nitrogen and oxygen atoms in total. The predicted molar refractivity (Wildman–Crippen MR) is 83.9 cm³/mol. The number of nitrogens with zero attached hydrogens (tertiary/aromatic N) is 1. The van der Waals surface area contributed by atoms with Crippen LogP contribution >= 0.6 is 27.7 Å². The average molecular weight is 365 g/mol. The lowest BCUT2D eigenvalue weighted by atomic mass is 10.2. The van der Waals surface area contributed by atoms with E-state index in [2.05, 4.69) is 29.8 Å². The first-order chi connectivity index (χ1) is 8.72. The minimum Gasteiger partial charge on any atom is -0.399 e. The molecular formula is C12H17BrN2O2S2. The number of hydrogen-bond donors (Lipinski definition) is 1. The van der Waals surface area contributed by atoms with Gasteiger partial charge in [-0.1, -0.05) is 0 Å². The van der Waals surface area contributed by atoms with Crippen LogP contribution in [0.4, 0.5) is 5.69 Å². The maximum absolute atomic E-state index is 12.7. The maximum Gasteiger partial charge on any atom is 0.244 e. The van der Waals surface area contributed by atoms with Crippen molar-refractivity contribution < 1.29 is 8.42 Å². The fraction of sp³-hybridized carbons (Fsp3) is 0.500. The Morgan fingerprint density at radius 2 is 2.11 bits per heavy atom. The van der Waals surface area contributed by atoms with E-state index in [4.69, 9.17) is 5.73 Å². The van der Waals surface area contributed by atoms with Gasteiger partial charge in [-0.05, 0) is 48.0 Å². The van der Waals surface area contributed by atoms with Gasteiger partial charge in [-0.15, -0.1) is 0 Å². The second-order valence-electron chi connectivity index (χ2n) is 5.14. The van der Waals surface area contributed by atoms with Crippen LogP contribution in [0.1, 0.15) is 13.8 Å². The fourth-order valence-electron chi connectivity index (χ4n) is 2.04. The second kappa shape index (κ2) is 5.27. The Kier molecular flexibility index (Phi) is 4.21. The van der Waals surface area contributed by atoms with E-state index in [9.17, 15) is 8.42 Å². The number of rotatable bonds is 2. The molecule has 1 aromatic rings. The summed E-state index contributed by atoms with van der Waals surface area (Å²) in [6, 6.07) is 4.86. The molecule has 1 aromatic carbocycles. The highest BCUT2D eigenvalue weighted by molar-refractivity contribution is 9.10. The molecule has 0 radical (unpaired) electrons. The van der Waals surface area contributed by atoms with Crippen LogP contribution in [-0.4, -0.2) is 36.3 Å². The Morgan fingerprint density at radius 1 is 1.42 bits per heavy atom. The predicted octanol–water partition coefficient (Wildman–Crippen LogP) is 2.55. The summed E-state index contributed by atoms with van der Waals surface area (Å²) in [4.78, 5) is 0.246. The average Bonchev–Trinajstić information content (AvgIpc) is 2.31. The molecule has 0 saturated carbocycles. The highest BCUT2D eigenvalue weighted by Crippen LogP contribution is 2.34. The van der Waals surface area contributed by atoms with E-state index in [1.165, 1.54) is 6.07 Å². The Hall–Kier alpha value is -0.240. The molecule has 1 aliphatic rings. The summed E-state index contributed by atoms with van der Waals surface area (Å²) >= 11 is 5.10. The minimum absolute atomic E-state index is 0.0574. The van der Waals surface area contributed by atoms with E-state index < -0.39 is 10.0 Å². The van der Waals surface area contributed by atoms with Crippen molar-refractivity contribution in [3.05, 3.63) is 22.7 Å². The van der Waals surface area contributed by atoms with Crippen molar-refractivity contribution in [1.29, 1.82) is 0 Å². The molecule has 2 N–H and O–H groups in total. The molecule has 1 heterocycles. The third kappa shape index (κ3) is 3.26. The van der Waals surface area contributed by atoms with E-state index in [1.54, 1.807) is 28.2 Å². The summed E-state index contributed by atoms with van der Waals surface area (Å²) in [5.74, 6) is 0.812. The van der Waals surface area contributed by atoms with Crippen LogP contribution in [0.3, 0.4) is 0 Å². The number of nitrogens with two attached hydrogens (primary N) is 1. The topological polar surface area (TPSA) is 63.4 Å². The lowest BCUT2D eigenvalue weighted by Crippen LogP contribution is -2.46. The molecule has 7 heteroatoms. The van der Waals surface area contributed by atoms with E-state index in [1.807, 2.05) is 0 Å². The van der Waals surface area contributed by atoms with Crippen LogP contribution in [0.5, 0.6) is 0 Å². The van der Waals surface area contributed by atoms with Crippen LogP contribution in [0, 0.1) is 0 Å². The minimum atomic E-state index is -3.49. The molecule has 106 valence electrons. The first-order valence-corrected chi connectivity index (χ1v) is 9.13. The van der Waals surface area contributed by atoms with Gasteiger partial charge in [-0.2, -0.15) is 16.1 Å². The van der Waals surface area contributed by atoms with Gasteiger partial charge >= 0.3 is 0 Å². The van der Waals surface area contributed by atoms with Crippen molar-refractivity contribution in [2.75, 3.05) is 24.6 Å². The van der Waals surface area contributed by atoms with Gasteiger partial charge in [0.1, 0.15) is 0 Å². The van der Waals surface area contributed by atoms with Gasteiger partial charge in [0.2, 0.25) is 10.0 Å². The molecule has 0 amide bonds. The van der Waals surface area contributed by atoms with Crippen molar-refractivity contribution in [2.45, 2.75) is 23.5 Å². The van der Waals surface area contributed by atoms with Crippen LogP contribution in [0.15, 0.2) is 27.6 Å². The third-order valence-electron chi connectivity index (χ3n) is 2.96. The summed E-state index contributed by atoms with van der Waals surface area (Å²) in [5, 5.41) is 0. The zero-order chi connectivity index (χ0) is 14.3. The van der Waals surface area contributed by atoms with Crippen LogP contribution in [0.25, 0.3) is 0 Å². The number of thioether (sulfide) groups is 1. The Balaban J connectivity index is 2.39. The molecule has 1 saturated heterocycles. The molecule has 0 unspecified atom stereocenters. The fourth-order valence-corrected chi connectivity index (χ4v) is 5.91. The number of nitrogen functional groups attached to an aromatic ring is 1. The van der Waals surface area contributed by atoms with Crippen molar-refractivity contribution in [3.63, 3.8) is 0 Å². The smallest absolute Gasteiger partial charge is 0.244 e. The maximum atomic E-state index is 12.7. The van der Waals surface area contributed by atoms with E-state index in [-0.39, 0.29) is 9.64 Å². The quantitative estimate of drug-likeness (QED) is 0.819. The van der Waals surface area contributed by atoms with Gasteiger partial charge in [-0.3, -0.25) is 0 Å². The molecular weight excluding hydrogens is 348 g/mol. The molecule has 0 spiro atoms. The normalized spacial score (nSPS) is 20.4. The third-order valence-corrected chi connectivity index (χ3v) is 7.10. The summed E-state index contributed by atoms with van der Waals surface area (Å²) in [6.45, 7) is 5.18. The molecule has 1 fully saturated rings. The molecule has 2 rings (SSSR count). The number of sulfonamides is 1. The highest BCUT2D eigenvalue weighted by atomic mass is 79.9. The van der Waals surface area contributed by atoms with Crippen molar-refractivity contribution in [1.82, 2.24) is 4.31 Å². The molecule has 19 heavy (non-hydrogen) atoms. The van der Waals surface area contributed by atoms with E-state index >= 15 is 0 Å². The zero-order valence-corrected chi connectivity index (χ0v) is 14.1. The Bertz CT molecular complexity index is 587. The standard InChI is InChI=1S/C12H17BrN2O2S2/c1-12(2)8-15(5-6-18-12)19(16,17)11-7-9(14)3-4-10(11)13/h3-4,7H,5-6,8,14H2,1-2H3. The number of anilines is 1. The van der Waals surface area contributed by atoms with Crippen LogP contribution in [0.2, 0.25) is 0 Å². The SMILES string of the molecule is CC1(C)CN(S(=O)(=O)c2cc(N)ccc2Br)CCS1. The Morgan fingerprint density at radius 3 is 2.74 bits per heavy atom. The first-order valence-electron chi connectivity index (χ1n) is 5.91. The van der Waals surface area contributed by atoms with Crippen molar-refractivity contribution >= 4 is 43.4 Å². The van der Waals surface area contributed by atoms with Crippen molar-refractivity contribution in [2.24, 2.45) is 0 Å². The van der Waals surface area contributed by atoms with Gasteiger partial charge in [0.15, 0.2) is 0 Å². The lowest BCUT2D eigenvalue weighted by molar-refractivity contribution is 0.387. The largest absolute Gasteiger partial charge is 0.399 e. The summed E-state index contributed by atoms with van der Waals surface area (Å²) < 4.78 is 27.4. The summed E-state index contributed by atoms with van der Waals surface area (Å²) in [7, 11) is -3.49. The van der Waals surface area contributed by atoms with Gasteiger partial charge in [0, 0.05) is 33.7 Å². The number of benzene rings is 1. The van der Waals surface area contributed by atoms with Crippen LogP contribution in [-0.2, 0) is 10.0 Å². The summed E-state index contributed by atoms with van der Waals surface area (Å²) in [5.41, 5.74) is 6.15. The van der Waals surface area contributed by atoms with Gasteiger partial charge in [0.05, 0.1) is 4.90 Å². The van der Waals surface area contributed by atoms with Gasteiger partial charge in [-0.25, -0.2) is 8.42 Å².